The van der Waals surface area contributed by atoms with E-state index in [2.05, 4.69) is 5.92 Å². The van der Waals surface area contributed by atoms with E-state index in [1.54, 1.807) is 0 Å². The number of hydrogen-bond donors (Lipinski definition) is 1. The molecule has 1 fully saturated rings. The van der Waals surface area contributed by atoms with Gasteiger partial charge in [-0.2, -0.15) is 0 Å². The van der Waals surface area contributed by atoms with Gasteiger partial charge in [-0.15, -0.1) is 12.3 Å². The fraction of sp³-hybridized carbons (Fsp3) is 0.700. The van der Waals surface area contributed by atoms with Gasteiger partial charge in [-0.1, -0.05) is 0 Å². The molecular weight excluding hydrogens is 168 g/mol. The molecule has 0 aliphatic carbocycles. The van der Waals surface area contributed by atoms with Gasteiger partial charge in [0, 0.05) is 12.8 Å². The summed E-state index contributed by atoms with van der Waals surface area (Å²) in [6, 6.07) is 0. The number of esters is 1. The number of aliphatic hydroxyl groups is 1. The van der Waals surface area contributed by atoms with Gasteiger partial charge in [0.25, 0.3) is 0 Å². The molecule has 0 aromatic carbocycles. The normalized spacial score (nSPS) is 23.7. The summed E-state index contributed by atoms with van der Waals surface area (Å²) in [5, 5.41) is 9.55. The third-order valence-corrected chi connectivity index (χ3v) is 2.17. The Morgan fingerprint density at radius 2 is 2.54 bits per heavy atom. The van der Waals surface area contributed by atoms with Crippen molar-refractivity contribution in [2.75, 3.05) is 0 Å². The summed E-state index contributed by atoms with van der Waals surface area (Å²) in [6.45, 7) is 0. The summed E-state index contributed by atoms with van der Waals surface area (Å²) in [6.07, 6.45) is 7.35. The third kappa shape index (κ3) is 3.08. The largest absolute Gasteiger partial charge is 0.460 e. The number of cyclic esters (lactones) is 1. The summed E-state index contributed by atoms with van der Waals surface area (Å²) in [5.74, 6) is 2.30. The first-order valence-electron chi connectivity index (χ1n) is 4.55. The maximum absolute atomic E-state index is 10.7. The molecule has 1 saturated heterocycles. The lowest BCUT2D eigenvalue weighted by Crippen LogP contribution is -2.25. The zero-order valence-corrected chi connectivity index (χ0v) is 7.53. The number of aliphatic hydroxyl groups excluding tert-OH is 1. The molecule has 1 rings (SSSR count). The van der Waals surface area contributed by atoms with Crippen LogP contribution in [0.5, 0.6) is 0 Å². The lowest BCUT2D eigenvalue weighted by Gasteiger charge is -2.15. The van der Waals surface area contributed by atoms with Crippen molar-refractivity contribution in [1.29, 1.82) is 0 Å². The molecule has 0 unspecified atom stereocenters. The van der Waals surface area contributed by atoms with E-state index >= 15 is 0 Å². The van der Waals surface area contributed by atoms with Crippen molar-refractivity contribution in [2.45, 2.75) is 44.3 Å². The topological polar surface area (TPSA) is 46.5 Å². The van der Waals surface area contributed by atoms with Crippen molar-refractivity contribution in [1.82, 2.24) is 0 Å². The van der Waals surface area contributed by atoms with Gasteiger partial charge in [0.15, 0.2) is 0 Å². The Morgan fingerprint density at radius 1 is 1.77 bits per heavy atom. The molecule has 1 aliphatic rings. The number of unbranched alkanes of at least 4 members (excludes halogenated alkanes) is 1. The molecular formula is C10H14O3. The van der Waals surface area contributed by atoms with Crippen molar-refractivity contribution < 1.29 is 14.6 Å². The standard InChI is InChI=1S/C10H14O3/c1-2-3-4-5-8(11)9-6-7-10(12)13-9/h1,8-9,11H,3-7H2/t8-,9-/m0/s1. The highest BCUT2D eigenvalue weighted by atomic mass is 16.6. The van der Waals surface area contributed by atoms with Crippen LogP contribution in [0.2, 0.25) is 0 Å². The van der Waals surface area contributed by atoms with Crippen LogP contribution in [0.4, 0.5) is 0 Å². The molecule has 1 N–H and O–H groups in total. The lowest BCUT2D eigenvalue weighted by molar-refractivity contribution is -0.145. The highest BCUT2D eigenvalue weighted by Gasteiger charge is 2.29. The first-order chi connectivity index (χ1) is 6.24. The monoisotopic (exact) mass is 182 g/mol. The molecule has 72 valence electrons. The maximum Gasteiger partial charge on any atom is 0.306 e. The van der Waals surface area contributed by atoms with Gasteiger partial charge in [0.2, 0.25) is 0 Å². The van der Waals surface area contributed by atoms with Gasteiger partial charge in [0.05, 0.1) is 6.10 Å². The first kappa shape index (κ1) is 10.1. The highest BCUT2D eigenvalue weighted by Crippen LogP contribution is 2.19. The van der Waals surface area contributed by atoms with Crippen LogP contribution in [0.25, 0.3) is 0 Å². The molecule has 0 bridgehead atoms. The van der Waals surface area contributed by atoms with Gasteiger partial charge < -0.3 is 9.84 Å². The number of rotatable bonds is 4. The van der Waals surface area contributed by atoms with E-state index in [-0.39, 0.29) is 12.1 Å². The van der Waals surface area contributed by atoms with Gasteiger partial charge in [-0.05, 0) is 19.3 Å². The average molecular weight is 182 g/mol. The minimum atomic E-state index is -0.542. The highest BCUT2D eigenvalue weighted by molar-refractivity contribution is 5.71. The molecule has 0 spiro atoms. The fourth-order valence-electron chi connectivity index (χ4n) is 1.42. The van der Waals surface area contributed by atoms with E-state index in [4.69, 9.17) is 11.2 Å². The number of hydrogen-bond acceptors (Lipinski definition) is 3. The molecule has 0 radical (unpaired) electrons. The molecule has 2 atom stereocenters. The molecule has 0 aromatic rings. The second-order valence-electron chi connectivity index (χ2n) is 3.23. The predicted octanol–water partition coefficient (Wildman–Crippen LogP) is 0.856. The van der Waals surface area contributed by atoms with Crippen LogP contribution in [-0.2, 0) is 9.53 Å². The summed E-state index contributed by atoms with van der Waals surface area (Å²) in [7, 11) is 0. The van der Waals surface area contributed by atoms with Crippen LogP contribution in [-0.4, -0.2) is 23.3 Å². The lowest BCUT2D eigenvalue weighted by atomic mass is 10.1. The zero-order valence-electron chi connectivity index (χ0n) is 7.53. The van der Waals surface area contributed by atoms with E-state index in [0.29, 0.717) is 25.7 Å². The SMILES string of the molecule is C#CCCC[C@H](O)[C@@H]1CCC(=O)O1. The van der Waals surface area contributed by atoms with Crippen LogP contribution in [0.1, 0.15) is 32.1 Å². The molecule has 1 heterocycles. The Hall–Kier alpha value is -1.01. The van der Waals surface area contributed by atoms with Crippen molar-refractivity contribution >= 4 is 5.97 Å². The Balaban J connectivity index is 2.20. The number of terminal acetylenes is 1. The van der Waals surface area contributed by atoms with Crippen LogP contribution >= 0.6 is 0 Å². The Kier molecular flexibility index (Phi) is 3.78. The summed E-state index contributed by atoms with van der Waals surface area (Å²) in [4.78, 5) is 10.7. The van der Waals surface area contributed by atoms with Crippen LogP contribution in [0.15, 0.2) is 0 Å². The number of ether oxygens (including phenoxy) is 1. The number of carbonyl (C=O) groups is 1. The minimum Gasteiger partial charge on any atom is -0.460 e. The van der Waals surface area contributed by atoms with Crippen molar-refractivity contribution in [2.24, 2.45) is 0 Å². The fourth-order valence-corrected chi connectivity index (χ4v) is 1.42. The van der Waals surface area contributed by atoms with Gasteiger partial charge in [0.1, 0.15) is 6.10 Å². The molecule has 0 aromatic heterocycles. The van der Waals surface area contributed by atoms with Crippen molar-refractivity contribution in [3.8, 4) is 12.3 Å². The summed E-state index contributed by atoms with van der Waals surface area (Å²) >= 11 is 0. The minimum absolute atomic E-state index is 0.207. The van der Waals surface area contributed by atoms with Gasteiger partial charge >= 0.3 is 5.97 Å². The zero-order chi connectivity index (χ0) is 9.68. The van der Waals surface area contributed by atoms with E-state index in [1.807, 2.05) is 0 Å². The van der Waals surface area contributed by atoms with Crippen molar-refractivity contribution in [3.63, 3.8) is 0 Å². The van der Waals surface area contributed by atoms with E-state index < -0.39 is 6.10 Å². The first-order valence-corrected chi connectivity index (χ1v) is 4.55. The Morgan fingerprint density at radius 3 is 3.08 bits per heavy atom. The van der Waals surface area contributed by atoms with Crippen LogP contribution in [0, 0.1) is 12.3 Å². The third-order valence-electron chi connectivity index (χ3n) is 2.17. The molecule has 0 amide bonds. The number of carbonyl (C=O) groups excluding carboxylic acids is 1. The summed E-state index contributed by atoms with van der Waals surface area (Å²) in [5.41, 5.74) is 0. The Bertz CT molecular complexity index is 217. The summed E-state index contributed by atoms with van der Waals surface area (Å²) < 4.78 is 4.91. The van der Waals surface area contributed by atoms with E-state index in [9.17, 15) is 9.90 Å². The van der Waals surface area contributed by atoms with Gasteiger partial charge in [-0.3, -0.25) is 4.79 Å². The molecule has 0 saturated carbocycles. The average Bonchev–Trinajstić information content (AvgIpc) is 2.52. The smallest absolute Gasteiger partial charge is 0.306 e. The molecule has 3 nitrogen and oxygen atoms in total. The second kappa shape index (κ2) is 4.88. The quantitative estimate of drug-likeness (QED) is 0.398. The van der Waals surface area contributed by atoms with Crippen LogP contribution in [0.3, 0.4) is 0 Å². The molecule has 1 aliphatic heterocycles. The van der Waals surface area contributed by atoms with E-state index in [1.165, 1.54) is 0 Å². The molecule has 3 heteroatoms. The van der Waals surface area contributed by atoms with E-state index in [0.717, 1.165) is 6.42 Å². The van der Waals surface area contributed by atoms with Gasteiger partial charge in [-0.25, -0.2) is 0 Å². The maximum atomic E-state index is 10.7. The predicted molar refractivity (Wildman–Crippen MR) is 47.8 cm³/mol. The van der Waals surface area contributed by atoms with Crippen molar-refractivity contribution in [3.05, 3.63) is 0 Å². The Labute approximate surface area is 78.1 Å². The van der Waals surface area contributed by atoms with Crippen LogP contribution < -0.4 is 0 Å². The molecule has 13 heavy (non-hydrogen) atoms. The second-order valence-corrected chi connectivity index (χ2v) is 3.23.